The van der Waals surface area contributed by atoms with Gasteiger partial charge in [-0.1, -0.05) is 6.58 Å². The number of carbonyl (C=O) groups excluding carboxylic acids is 2. The Balaban J connectivity index is 2.65. The lowest BCUT2D eigenvalue weighted by atomic mass is 10.2. The maximum Gasteiger partial charge on any atom is 0.230 e. The lowest BCUT2D eigenvalue weighted by molar-refractivity contribution is -0.674. The number of nitrogens with one attached hydrogen (secondary N) is 1. The number of rotatable bonds is 7. The molecule has 0 saturated carbocycles. The van der Waals surface area contributed by atoms with Crippen LogP contribution >= 0.6 is 0 Å². The fourth-order valence-electron chi connectivity index (χ4n) is 1.52. The number of nitrogens with two attached hydrogens (primary N) is 1. The van der Waals surface area contributed by atoms with E-state index in [0.717, 1.165) is 12.1 Å². The van der Waals surface area contributed by atoms with Gasteiger partial charge in [0.2, 0.25) is 5.91 Å². The average Bonchev–Trinajstić information content (AvgIpc) is 2.37. The van der Waals surface area contributed by atoms with E-state index in [4.69, 9.17) is 0 Å². The van der Waals surface area contributed by atoms with Crippen LogP contribution < -0.4 is 15.7 Å². The minimum Gasteiger partial charge on any atom is -0.544 e. The first-order chi connectivity index (χ1) is 9.43. The van der Waals surface area contributed by atoms with Crippen molar-refractivity contribution < 1.29 is 28.8 Å². The summed E-state index contributed by atoms with van der Waals surface area (Å²) in [5, 5.41) is 14.4. The summed E-state index contributed by atoms with van der Waals surface area (Å²) in [6.07, 6.45) is 1.08. The monoisotopic (exact) mass is 284 g/mol. The number of anilines is 1. The summed E-state index contributed by atoms with van der Waals surface area (Å²) in [4.78, 5) is 22.4. The van der Waals surface area contributed by atoms with Crippen molar-refractivity contribution in [3.05, 3.63) is 42.5 Å². The van der Waals surface area contributed by atoms with Crippen LogP contribution in [-0.4, -0.2) is 24.5 Å². The van der Waals surface area contributed by atoms with Crippen molar-refractivity contribution >= 4 is 17.6 Å². The number of quaternary nitrogens is 1. The third-order valence-electron chi connectivity index (χ3n) is 2.50. The van der Waals surface area contributed by atoms with Crippen LogP contribution in [0.15, 0.2) is 30.9 Å². The van der Waals surface area contributed by atoms with Crippen LogP contribution in [0.25, 0.3) is 0 Å². The Morgan fingerprint density at radius 1 is 1.45 bits per heavy atom. The zero-order chi connectivity index (χ0) is 15.1. The molecule has 0 radical (unpaired) electrons. The van der Waals surface area contributed by atoms with Crippen molar-refractivity contribution in [2.75, 3.05) is 11.9 Å². The molecule has 0 aromatic heterocycles. The molecular weight excluding hydrogens is 270 g/mol. The molecule has 0 heterocycles. The van der Waals surface area contributed by atoms with Gasteiger partial charge < -0.3 is 20.5 Å². The van der Waals surface area contributed by atoms with Gasteiger partial charge in [0, 0.05) is 6.07 Å². The molecule has 7 heteroatoms. The topological polar surface area (TPSA) is 85.8 Å². The van der Waals surface area contributed by atoms with Gasteiger partial charge in [0.25, 0.3) is 0 Å². The summed E-state index contributed by atoms with van der Waals surface area (Å²) in [5.74, 6) is -3.81. The van der Waals surface area contributed by atoms with E-state index >= 15 is 0 Å². The van der Waals surface area contributed by atoms with E-state index in [1.807, 2.05) is 0 Å². The zero-order valence-corrected chi connectivity index (χ0v) is 10.6. The number of hydrogen-bond acceptors (Lipinski definition) is 3. The lowest BCUT2D eigenvalue weighted by Gasteiger charge is -2.15. The molecule has 0 spiro atoms. The van der Waals surface area contributed by atoms with Gasteiger partial charge in [-0.15, -0.1) is 0 Å². The Labute approximate surface area is 114 Å². The predicted molar refractivity (Wildman–Crippen MR) is 65.4 cm³/mol. The minimum atomic E-state index is -1.40. The van der Waals surface area contributed by atoms with Gasteiger partial charge in [-0.25, -0.2) is 8.78 Å². The minimum absolute atomic E-state index is 0.211. The van der Waals surface area contributed by atoms with E-state index in [1.54, 1.807) is 0 Å². The lowest BCUT2D eigenvalue weighted by Crippen LogP contribution is -2.93. The molecule has 0 aliphatic rings. The predicted octanol–water partition coefficient (Wildman–Crippen LogP) is -0.839. The van der Waals surface area contributed by atoms with Crippen molar-refractivity contribution in [3.63, 3.8) is 0 Å². The highest BCUT2D eigenvalue weighted by atomic mass is 19.1. The van der Waals surface area contributed by atoms with E-state index in [9.17, 15) is 23.5 Å². The third-order valence-corrected chi connectivity index (χ3v) is 2.50. The molecule has 0 saturated heterocycles. The molecule has 1 amide bonds. The second-order valence-electron chi connectivity index (χ2n) is 4.06. The molecule has 0 bridgehead atoms. The number of halogens is 2. The van der Waals surface area contributed by atoms with Gasteiger partial charge in [-0.2, -0.15) is 0 Å². The Hall–Kier alpha value is -2.28. The molecule has 1 atom stereocenters. The molecule has 0 aliphatic heterocycles. The summed E-state index contributed by atoms with van der Waals surface area (Å²) in [7, 11) is 0. The van der Waals surface area contributed by atoms with Crippen LogP contribution in [0.2, 0.25) is 0 Å². The second kappa shape index (κ2) is 7.34. The molecule has 108 valence electrons. The van der Waals surface area contributed by atoms with Crippen molar-refractivity contribution in [2.45, 2.75) is 12.5 Å². The van der Waals surface area contributed by atoms with E-state index in [1.165, 1.54) is 11.4 Å². The number of hydrogen-bond donors (Lipinski definition) is 2. The molecule has 1 rings (SSSR count). The van der Waals surface area contributed by atoms with E-state index < -0.39 is 36.0 Å². The van der Waals surface area contributed by atoms with Crippen LogP contribution in [0.5, 0.6) is 0 Å². The molecule has 0 unspecified atom stereocenters. The molecule has 20 heavy (non-hydrogen) atoms. The first-order valence-corrected chi connectivity index (χ1v) is 5.84. The van der Waals surface area contributed by atoms with E-state index in [0.29, 0.717) is 12.6 Å². The maximum absolute atomic E-state index is 13.3. The van der Waals surface area contributed by atoms with Crippen molar-refractivity contribution in [3.8, 4) is 0 Å². The number of aliphatic carboxylic acids is 1. The summed E-state index contributed by atoms with van der Waals surface area (Å²) in [6, 6.07) is 1.56. The second-order valence-corrected chi connectivity index (χ2v) is 4.06. The van der Waals surface area contributed by atoms with Crippen LogP contribution in [0, 0.1) is 11.6 Å². The first kappa shape index (κ1) is 15.8. The third kappa shape index (κ3) is 4.77. The number of benzene rings is 1. The number of carboxylic acids is 1. The van der Waals surface area contributed by atoms with Gasteiger partial charge in [0.15, 0.2) is 0 Å². The fourth-order valence-corrected chi connectivity index (χ4v) is 1.52. The highest BCUT2D eigenvalue weighted by Gasteiger charge is 2.18. The van der Waals surface area contributed by atoms with E-state index in [2.05, 4.69) is 11.9 Å². The summed E-state index contributed by atoms with van der Waals surface area (Å²) in [6.45, 7) is 3.73. The van der Waals surface area contributed by atoms with Crippen LogP contribution in [-0.2, 0) is 9.59 Å². The van der Waals surface area contributed by atoms with Gasteiger partial charge in [-0.05, 0) is 18.2 Å². The maximum atomic E-state index is 13.3. The Morgan fingerprint density at radius 2 is 2.15 bits per heavy atom. The Bertz CT molecular complexity index is 520. The Morgan fingerprint density at radius 3 is 2.70 bits per heavy atom. The molecule has 1 aromatic rings. The highest BCUT2D eigenvalue weighted by molar-refractivity contribution is 5.93. The normalized spacial score (nSPS) is 11.7. The fraction of sp³-hybridized carbons (Fsp3) is 0.231. The summed E-state index contributed by atoms with van der Waals surface area (Å²) in [5.41, 5.74) is -0.211. The number of amides is 1. The van der Waals surface area contributed by atoms with Crippen LogP contribution in [0.1, 0.15) is 6.42 Å². The molecule has 5 nitrogen and oxygen atoms in total. The SMILES string of the molecule is C=CC[NH2+][C@@H](CC(=O)Nc1ccc(F)cc1F)C(=O)[O-]. The van der Waals surface area contributed by atoms with Gasteiger partial charge >= 0.3 is 0 Å². The van der Waals surface area contributed by atoms with Crippen LogP contribution in [0.3, 0.4) is 0 Å². The van der Waals surface area contributed by atoms with Crippen molar-refractivity contribution in [1.82, 2.24) is 0 Å². The number of carbonyl (C=O) groups is 2. The zero-order valence-electron chi connectivity index (χ0n) is 10.6. The van der Waals surface area contributed by atoms with Gasteiger partial charge in [0.1, 0.15) is 17.7 Å². The molecule has 3 N–H and O–H groups in total. The van der Waals surface area contributed by atoms with Crippen LogP contribution in [0.4, 0.5) is 14.5 Å². The molecular formula is C13H14F2N2O3. The van der Waals surface area contributed by atoms with Gasteiger partial charge in [-0.3, -0.25) is 4.79 Å². The molecule has 1 aromatic carbocycles. The quantitative estimate of drug-likeness (QED) is 0.640. The average molecular weight is 284 g/mol. The van der Waals surface area contributed by atoms with Gasteiger partial charge in [0.05, 0.1) is 24.6 Å². The van der Waals surface area contributed by atoms with Crippen molar-refractivity contribution in [1.29, 1.82) is 0 Å². The van der Waals surface area contributed by atoms with Crippen molar-refractivity contribution in [2.24, 2.45) is 0 Å². The highest BCUT2D eigenvalue weighted by Crippen LogP contribution is 2.15. The Kier molecular flexibility index (Phi) is 5.79. The number of carboxylic acid groups (broad SMARTS) is 1. The smallest absolute Gasteiger partial charge is 0.230 e. The standard InChI is InChI=1S/C13H14F2N2O3/c1-2-5-16-11(13(19)20)7-12(18)17-10-4-3-8(14)6-9(10)15/h2-4,6,11,16H,1,5,7H2,(H,17,18)(H,19,20)/t11-/m0/s1. The summed E-state index contributed by atoms with van der Waals surface area (Å²) < 4.78 is 26.0. The molecule has 0 fully saturated rings. The van der Waals surface area contributed by atoms with E-state index in [-0.39, 0.29) is 5.69 Å². The summed E-state index contributed by atoms with van der Waals surface area (Å²) >= 11 is 0. The first-order valence-electron chi connectivity index (χ1n) is 5.84. The molecule has 0 aliphatic carbocycles. The largest absolute Gasteiger partial charge is 0.544 e.